The number of nitrogens with two attached hydrogens (primary N) is 1. The molecule has 3 rings (SSSR count). The van der Waals surface area contributed by atoms with Gasteiger partial charge in [0.25, 0.3) is 0 Å². The molecule has 2 aromatic rings. The molecule has 1 aliphatic heterocycles. The van der Waals surface area contributed by atoms with Crippen molar-refractivity contribution in [3.05, 3.63) is 42.4 Å². The number of hydrogen-bond acceptors (Lipinski definition) is 7. The minimum absolute atomic E-state index is 0.121. The zero-order valence-corrected chi connectivity index (χ0v) is 13.6. The highest BCUT2D eigenvalue weighted by atomic mass is 32.2. The Morgan fingerprint density at radius 2 is 1.67 bits per heavy atom. The van der Waals surface area contributed by atoms with Crippen LogP contribution >= 0.6 is 0 Å². The predicted octanol–water partition coefficient (Wildman–Crippen LogP) is 0.322. The van der Waals surface area contributed by atoms with E-state index >= 15 is 0 Å². The van der Waals surface area contributed by atoms with Gasteiger partial charge < -0.3 is 9.80 Å². The number of aromatic nitrogens is 2. The van der Waals surface area contributed by atoms with Gasteiger partial charge in [-0.25, -0.2) is 23.5 Å². The van der Waals surface area contributed by atoms with Gasteiger partial charge >= 0.3 is 0 Å². The van der Waals surface area contributed by atoms with Gasteiger partial charge in [-0.3, -0.25) is 0 Å². The lowest BCUT2D eigenvalue weighted by molar-refractivity contribution is 0.595. The molecule has 9 heteroatoms. The van der Waals surface area contributed by atoms with Crippen molar-refractivity contribution in [3.8, 4) is 6.07 Å². The lowest BCUT2D eigenvalue weighted by Crippen LogP contribution is -2.47. The normalized spacial score (nSPS) is 15.2. The molecule has 1 aliphatic rings. The summed E-state index contributed by atoms with van der Waals surface area (Å²) in [6.07, 6.45) is 3.04. The maximum absolute atomic E-state index is 11.8. The second-order valence-electron chi connectivity index (χ2n) is 5.33. The van der Waals surface area contributed by atoms with Crippen molar-refractivity contribution in [2.45, 2.75) is 4.90 Å². The van der Waals surface area contributed by atoms with Crippen molar-refractivity contribution >= 4 is 21.5 Å². The van der Waals surface area contributed by atoms with Gasteiger partial charge in [-0.15, -0.1) is 0 Å². The number of sulfonamides is 1. The fraction of sp³-hybridized carbons (Fsp3) is 0.267. The Balaban J connectivity index is 1.81. The molecule has 0 atom stereocenters. The molecule has 0 saturated carbocycles. The fourth-order valence-electron chi connectivity index (χ4n) is 2.76. The van der Waals surface area contributed by atoms with Gasteiger partial charge in [0, 0.05) is 38.6 Å². The number of benzene rings is 1. The van der Waals surface area contributed by atoms with Crippen LogP contribution in [0.2, 0.25) is 0 Å². The van der Waals surface area contributed by atoms with E-state index in [4.69, 9.17) is 10.4 Å². The molecular formula is C15H16N6O2S. The first-order chi connectivity index (χ1) is 11.5. The maximum Gasteiger partial charge on any atom is 0.240 e. The van der Waals surface area contributed by atoms with Crippen LogP contribution in [-0.2, 0) is 10.0 Å². The van der Waals surface area contributed by atoms with Gasteiger partial charge in [0.15, 0.2) is 11.5 Å². The minimum atomic E-state index is -3.78. The zero-order chi connectivity index (χ0) is 17.2. The molecule has 1 aromatic heterocycles. The van der Waals surface area contributed by atoms with Crippen LogP contribution in [0.4, 0.5) is 11.5 Å². The molecule has 0 aliphatic carbocycles. The number of nitriles is 1. The quantitative estimate of drug-likeness (QED) is 0.852. The molecule has 0 spiro atoms. The number of para-hydroxylation sites is 1. The van der Waals surface area contributed by atoms with Crippen molar-refractivity contribution in [3.63, 3.8) is 0 Å². The van der Waals surface area contributed by atoms with Crippen LogP contribution in [0.3, 0.4) is 0 Å². The summed E-state index contributed by atoms with van der Waals surface area (Å²) in [6.45, 7) is 2.39. The van der Waals surface area contributed by atoms with Crippen LogP contribution in [0.1, 0.15) is 5.69 Å². The van der Waals surface area contributed by atoms with Crippen molar-refractivity contribution in [2.75, 3.05) is 36.0 Å². The SMILES string of the molecule is N#Cc1nccnc1N1CCN(c2ccccc2S(N)(=O)=O)CC1. The van der Waals surface area contributed by atoms with Crippen LogP contribution in [-0.4, -0.2) is 44.6 Å². The van der Waals surface area contributed by atoms with E-state index in [0.29, 0.717) is 37.7 Å². The number of anilines is 2. The first-order valence-corrected chi connectivity index (χ1v) is 8.88. The van der Waals surface area contributed by atoms with Gasteiger partial charge in [-0.2, -0.15) is 5.26 Å². The van der Waals surface area contributed by atoms with Crippen LogP contribution in [0.15, 0.2) is 41.6 Å². The van der Waals surface area contributed by atoms with Crippen molar-refractivity contribution in [1.29, 1.82) is 5.26 Å². The van der Waals surface area contributed by atoms with Gasteiger partial charge in [0.2, 0.25) is 10.0 Å². The molecule has 1 aromatic carbocycles. The number of piperazine rings is 1. The van der Waals surface area contributed by atoms with Crippen molar-refractivity contribution in [1.82, 2.24) is 9.97 Å². The Hall–Kier alpha value is -2.70. The molecule has 0 amide bonds. The van der Waals surface area contributed by atoms with Crippen LogP contribution in [0, 0.1) is 11.3 Å². The summed E-state index contributed by atoms with van der Waals surface area (Å²) in [5.74, 6) is 0.555. The molecule has 2 heterocycles. The Labute approximate surface area is 140 Å². The molecule has 0 radical (unpaired) electrons. The Morgan fingerprint density at radius 3 is 2.33 bits per heavy atom. The summed E-state index contributed by atoms with van der Waals surface area (Å²) >= 11 is 0. The third kappa shape index (κ3) is 3.15. The number of hydrogen-bond donors (Lipinski definition) is 1. The summed E-state index contributed by atoms with van der Waals surface area (Å²) in [4.78, 5) is 12.3. The average molecular weight is 344 g/mol. The second-order valence-corrected chi connectivity index (χ2v) is 6.86. The van der Waals surface area contributed by atoms with Gasteiger partial charge in [-0.05, 0) is 12.1 Å². The van der Waals surface area contributed by atoms with Crippen LogP contribution in [0.25, 0.3) is 0 Å². The second kappa shape index (κ2) is 6.43. The lowest BCUT2D eigenvalue weighted by atomic mass is 10.2. The Morgan fingerprint density at radius 1 is 1.04 bits per heavy atom. The molecular weight excluding hydrogens is 328 g/mol. The third-order valence-electron chi connectivity index (χ3n) is 3.88. The summed E-state index contributed by atoms with van der Waals surface area (Å²) in [6, 6.07) is 8.73. The maximum atomic E-state index is 11.8. The van der Waals surface area contributed by atoms with Crippen molar-refractivity contribution in [2.24, 2.45) is 5.14 Å². The van der Waals surface area contributed by atoms with Crippen LogP contribution < -0.4 is 14.9 Å². The van der Waals surface area contributed by atoms with Crippen LogP contribution in [0.5, 0.6) is 0 Å². The third-order valence-corrected chi connectivity index (χ3v) is 4.83. The fourth-order valence-corrected chi connectivity index (χ4v) is 3.52. The molecule has 0 bridgehead atoms. The highest BCUT2D eigenvalue weighted by Crippen LogP contribution is 2.26. The predicted molar refractivity (Wildman–Crippen MR) is 89.0 cm³/mol. The summed E-state index contributed by atoms with van der Waals surface area (Å²) in [5, 5.41) is 14.4. The summed E-state index contributed by atoms with van der Waals surface area (Å²) < 4.78 is 23.5. The molecule has 0 unspecified atom stereocenters. The van der Waals surface area contributed by atoms with Gasteiger partial charge in [0.1, 0.15) is 11.0 Å². The van der Waals surface area contributed by atoms with E-state index in [1.807, 2.05) is 15.9 Å². The summed E-state index contributed by atoms with van der Waals surface area (Å²) in [7, 11) is -3.78. The smallest absolute Gasteiger partial charge is 0.240 e. The highest BCUT2D eigenvalue weighted by molar-refractivity contribution is 7.89. The monoisotopic (exact) mass is 344 g/mol. The first-order valence-electron chi connectivity index (χ1n) is 7.33. The van der Waals surface area contributed by atoms with E-state index in [1.54, 1.807) is 24.4 Å². The topological polar surface area (TPSA) is 116 Å². The number of nitrogens with zero attached hydrogens (tertiary/aromatic N) is 5. The summed E-state index contributed by atoms with van der Waals surface area (Å²) in [5.41, 5.74) is 0.884. The highest BCUT2D eigenvalue weighted by Gasteiger charge is 2.24. The molecule has 124 valence electrons. The van der Waals surface area contributed by atoms with E-state index in [-0.39, 0.29) is 10.6 Å². The Kier molecular flexibility index (Phi) is 4.33. The van der Waals surface area contributed by atoms with E-state index in [9.17, 15) is 8.42 Å². The largest absolute Gasteiger partial charge is 0.367 e. The van der Waals surface area contributed by atoms with E-state index < -0.39 is 10.0 Å². The zero-order valence-electron chi connectivity index (χ0n) is 12.8. The number of rotatable bonds is 3. The molecule has 1 saturated heterocycles. The molecule has 8 nitrogen and oxygen atoms in total. The van der Waals surface area contributed by atoms with E-state index in [1.165, 1.54) is 12.3 Å². The number of primary sulfonamides is 1. The lowest BCUT2D eigenvalue weighted by Gasteiger charge is -2.37. The molecule has 24 heavy (non-hydrogen) atoms. The average Bonchev–Trinajstić information content (AvgIpc) is 2.61. The van der Waals surface area contributed by atoms with E-state index in [2.05, 4.69) is 9.97 Å². The first kappa shape index (κ1) is 16.2. The molecule has 2 N–H and O–H groups in total. The van der Waals surface area contributed by atoms with E-state index in [0.717, 1.165) is 0 Å². The minimum Gasteiger partial charge on any atom is -0.367 e. The molecule has 1 fully saturated rings. The standard InChI is InChI=1S/C15H16N6O2S/c16-11-12-15(19-6-5-18-12)21-9-7-20(8-10-21)13-3-1-2-4-14(13)24(17,22)23/h1-6H,7-10H2,(H2,17,22,23). The van der Waals surface area contributed by atoms with Gasteiger partial charge in [0.05, 0.1) is 5.69 Å². The van der Waals surface area contributed by atoms with Crippen molar-refractivity contribution < 1.29 is 8.42 Å². The van der Waals surface area contributed by atoms with Gasteiger partial charge in [-0.1, -0.05) is 12.1 Å². The Bertz CT molecular complexity index is 885.